The van der Waals surface area contributed by atoms with Gasteiger partial charge in [-0.25, -0.2) is 9.82 Å². The summed E-state index contributed by atoms with van der Waals surface area (Å²) in [5.41, 5.74) is 3.53. The standard InChI is InChI=1S/C22H26FN3O3/c1-4-13-29-19-11-5-16(6-12-19)14-24-26-22(28)20(15(2)3)25-21(27)17-7-9-18(23)10-8-17/h5-12,14-15,20H,4,13H2,1-3H3,(H,25,27)(H,26,28)/b24-14+. The Morgan fingerprint density at radius 2 is 1.76 bits per heavy atom. The second kappa shape index (κ2) is 10.9. The summed E-state index contributed by atoms with van der Waals surface area (Å²) < 4.78 is 18.5. The van der Waals surface area contributed by atoms with Gasteiger partial charge in [0.2, 0.25) is 0 Å². The zero-order chi connectivity index (χ0) is 21.2. The predicted molar refractivity (Wildman–Crippen MR) is 110 cm³/mol. The summed E-state index contributed by atoms with van der Waals surface area (Å²) in [6.45, 7) is 6.32. The van der Waals surface area contributed by atoms with E-state index in [1.807, 2.05) is 45.0 Å². The number of halogens is 1. The van der Waals surface area contributed by atoms with Crippen LogP contribution < -0.4 is 15.5 Å². The fraction of sp³-hybridized carbons (Fsp3) is 0.318. The van der Waals surface area contributed by atoms with Crippen LogP contribution in [0, 0.1) is 11.7 Å². The smallest absolute Gasteiger partial charge is 0.262 e. The van der Waals surface area contributed by atoms with Crippen molar-refractivity contribution in [3.63, 3.8) is 0 Å². The number of carbonyl (C=O) groups excluding carboxylic acids is 2. The van der Waals surface area contributed by atoms with Crippen molar-refractivity contribution in [3.05, 3.63) is 65.5 Å². The molecule has 2 amide bonds. The zero-order valence-electron chi connectivity index (χ0n) is 16.8. The Labute approximate surface area is 170 Å². The fourth-order valence-electron chi connectivity index (χ4n) is 2.47. The van der Waals surface area contributed by atoms with Crippen molar-refractivity contribution in [2.45, 2.75) is 33.2 Å². The molecule has 2 N–H and O–H groups in total. The van der Waals surface area contributed by atoms with Gasteiger partial charge >= 0.3 is 0 Å². The van der Waals surface area contributed by atoms with Gasteiger partial charge in [0, 0.05) is 5.56 Å². The molecule has 154 valence electrons. The van der Waals surface area contributed by atoms with Gasteiger partial charge in [-0.15, -0.1) is 0 Å². The average molecular weight is 399 g/mol. The Morgan fingerprint density at radius 1 is 1.10 bits per heavy atom. The molecule has 0 saturated carbocycles. The lowest BCUT2D eigenvalue weighted by Crippen LogP contribution is -2.48. The van der Waals surface area contributed by atoms with E-state index in [-0.39, 0.29) is 11.5 Å². The van der Waals surface area contributed by atoms with Gasteiger partial charge in [0.25, 0.3) is 11.8 Å². The summed E-state index contributed by atoms with van der Waals surface area (Å²) in [6, 6.07) is 11.7. The molecule has 1 atom stereocenters. The molecule has 7 heteroatoms. The molecule has 0 spiro atoms. The van der Waals surface area contributed by atoms with E-state index in [9.17, 15) is 14.0 Å². The minimum absolute atomic E-state index is 0.162. The predicted octanol–water partition coefficient (Wildman–Crippen LogP) is 3.52. The second-order valence-electron chi connectivity index (χ2n) is 6.85. The topological polar surface area (TPSA) is 79.8 Å². The lowest BCUT2D eigenvalue weighted by Gasteiger charge is -2.20. The summed E-state index contributed by atoms with van der Waals surface area (Å²) in [6.07, 6.45) is 2.45. The quantitative estimate of drug-likeness (QED) is 0.500. The van der Waals surface area contributed by atoms with Crippen molar-refractivity contribution >= 4 is 18.0 Å². The van der Waals surface area contributed by atoms with Crippen LogP contribution in [0.5, 0.6) is 5.75 Å². The summed E-state index contributed by atoms with van der Waals surface area (Å²) in [7, 11) is 0. The van der Waals surface area contributed by atoms with E-state index in [4.69, 9.17) is 4.74 Å². The maximum absolute atomic E-state index is 13.0. The monoisotopic (exact) mass is 399 g/mol. The molecule has 0 aliphatic carbocycles. The molecule has 0 saturated heterocycles. The third-order valence-electron chi connectivity index (χ3n) is 4.08. The molecule has 0 aliphatic rings. The first-order valence-corrected chi connectivity index (χ1v) is 9.53. The number of hydrazone groups is 1. The Bertz CT molecular complexity index is 833. The van der Waals surface area contributed by atoms with Crippen LogP contribution >= 0.6 is 0 Å². The van der Waals surface area contributed by atoms with Gasteiger partial charge < -0.3 is 10.1 Å². The van der Waals surface area contributed by atoms with Crippen LogP contribution in [0.1, 0.15) is 43.1 Å². The summed E-state index contributed by atoms with van der Waals surface area (Å²) in [4.78, 5) is 24.8. The number of benzene rings is 2. The van der Waals surface area contributed by atoms with Gasteiger partial charge in [-0.05, 0) is 66.4 Å². The Kier molecular flexibility index (Phi) is 8.33. The number of hydrogen-bond donors (Lipinski definition) is 2. The van der Waals surface area contributed by atoms with Crippen molar-refractivity contribution in [1.29, 1.82) is 0 Å². The third kappa shape index (κ3) is 7.03. The number of carbonyl (C=O) groups is 2. The highest BCUT2D eigenvalue weighted by Gasteiger charge is 2.24. The highest BCUT2D eigenvalue weighted by Crippen LogP contribution is 2.11. The highest BCUT2D eigenvalue weighted by atomic mass is 19.1. The van der Waals surface area contributed by atoms with E-state index in [2.05, 4.69) is 15.8 Å². The third-order valence-corrected chi connectivity index (χ3v) is 4.08. The molecule has 29 heavy (non-hydrogen) atoms. The van der Waals surface area contributed by atoms with E-state index in [0.29, 0.717) is 6.61 Å². The van der Waals surface area contributed by atoms with Gasteiger partial charge in [-0.2, -0.15) is 5.10 Å². The number of amides is 2. The van der Waals surface area contributed by atoms with Crippen LogP contribution in [-0.2, 0) is 4.79 Å². The molecule has 0 bridgehead atoms. The molecule has 1 unspecified atom stereocenters. The molecule has 0 radical (unpaired) electrons. The highest BCUT2D eigenvalue weighted by molar-refractivity contribution is 5.97. The van der Waals surface area contributed by atoms with Crippen LogP contribution in [0.2, 0.25) is 0 Å². The first-order valence-electron chi connectivity index (χ1n) is 9.53. The lowest BCUT2D eigenvalue weighted by atomic mass is 10.0. The van der Waals surface area contributed by atoms with Crippen molar-refractivity contribution in [2.75, 3.05) is 6.61 Å². The normalized spacial score (nSPS) is 12.0. The van der Waals surface area contributed by atoms with Crippen molar-refractivity contribution < 1.29 is 18.7 Å². The molecule has 0 fully saturated rings. The van der Waals surface area contributed by atoms with E-state index in [0.717, 1.165) is 17.7 Å². The second-order valence-corrected chi connectivity index (χ2v) is 6.85. The first-order chi connectivity index (χ1) is 13.9. The average Bonchev–Trinajstić information content (AvgIpc) is 2.71. The minimum atomic E-state index is -0.783. The molecule has 6 nitrogen and oxygen atoms in total. The lowest BCUT2D eigenvalue weighted by molar-refractivity contribution is -0.123. The summed E-state index contributed by atoms with van der Waals surface area (Å²) in [5.74, 6) is -0.708. The summed E-state index contributed by atoms with van der Waals surface area (Å²) >= 11 is 0. The van der Waals surface area contributed by atoms with E-state index in [1.165, 1.54) is 30.5 Å². The van der Waals surface area contributed by atoms with Crippen LogP contribution in [0.15, 0.2) is 53.6 Å². The number of hydrogen-bond acceptors (Lipinski definition) is 4. The van der Waals surface area contributed by atoms with Crippen LogP contribution in [0.4, 0.5) is 4.39 Å². The van der Waals surface area contributed by atoms with Gasteiger partial charge in [0.15, 0.2) is 0 Å². The molecule has 0 aliphatic heterocycles. The SMILES string of the molecule is CCCOc1ccc(/C=N/NC(=O)C(NC(=O)c2ccc(F)cc2)C(C)C)cc1. The van der Waals surface area contributed by atoms with Crippen LogP contribution in [-0.4, -0.2) is 30.7 Å². The largest absolute Gasteiger partial charge is 0.494 e. The molecular weight excluding hydrogens is 373 g/mol. The van der Waals surface area contributed by atoms with E-state index < -0.39 is 23.7 Å². The Hall–Kier alpha value is -3.22. The molecule has 2 aromatic rings. The van der Waals surface area contributed by atoms with Gasteiger partial charge in [0.1, 0.15) is 17.6 Å². The van der Waals surface area contributed by atoms with E-state index in [1.54, 1.807) is 0 Å². The van der Waals surface area contributed by atoms with Crippen molar-refractivity contribution in [1.82, 2.24) is 10.7 Å². The van der Waals surface area contributed by atoms with E-state index >= 15 is 0 Å². The zero-order valence-corrected chi connectivity index (χ0v) is 16.8. The Morgan fingerprint density at radius 3 is 2.34 bits per heavy atom. The summed E-state index contributed by atoms with van der Waals surface area (Å²) in [5, 5.41) is 6.63. The molecule has 0 heterocycles. The number of nitrogens with zero attached hydrogens (tertiary/aromatic N) is 1. The maximum atomic E-state index is 13.0. The molecule has 2 rings (SSSR count). The van der Waals surface area contributed by atoms with Gasteiger partial charge in [0.05, 0.1) is 12.8 Å². The fourth-order valence-corrected chi connectivity index (χ4v) is 2.47. The van der Waals surface area contributed by atoms with Crippen molar-refractivity contribution in [3.8, 4) is 5.75 Å². The minimum Gasteiger partial charge on any atom is -0.494 e. The number of ether oxygens (including phenoxy) is 1. The maximum Gasteiger partial charge on any atom is 0.262 e. The molecule has 2 aromatic carbocycles. The molecule has 0 aromatic heterocycles. The number of nitrogens with one attached hydrogen (secondary N) is 2. The van der Waals surface area contributed by atoms with Crippen molar-refractivity contribution in [2.24, 2.45) is 11.0 Å². The first kappa shape index (κ1) is 22.1. The van der Waals surface area contributed by atoms with Gasteiger partial charge in [-0.3, -0.25) is 9.59 Å². The molecular formula is C22H26FN3O3. The van der Waals surface area contributed by atoms with Crippen LogP contribution in [0.3, 0.4) is 0 Å². The Balaban J connectivity index is 1.94. The van der Waals surface area contributed by atoms with Gasteiger partial charge in [-0.1, -0.05) is 20.8 Å². The van der Waals surface area contributed by atoms with Crippen LogP contribution in [0.25, 0.3) is 0 Å². The number of rotatable bonds is 9.